The van der Waals surface area contributed by atoms with Crippen LogP contribution in [0, 0.1) is 18.2 Å². The highest BCUT2D eigenvalue weighted by molar-refractivity contribution is 6.30. The van der Waals surface area contributed by atoms with Crippen LogP contribution in [0.1, 0.15) is 17.5 Å². The van der Waals surface area contributed by atoms with Crippen molar-refractivity contribution >= 4 is 22.5 Å². The lowest BCUT2D eigenvalue weighted by Gasteiger charge is -2.10. The molecule has 1 heterocycles. The van der Waals surface area contributed by atoms with Crippen LogP contribution in [-0.2, 0) is 27.3 Å². The molecule has 1 aromatic heterocycles. The van der Waals surface area contributed by atoms with Gasteiger partial charge in [-0.15, -0.1) is 12.3 Å². The zero-order valence-corrected chi connectivity index (χ0v) is 19.5. The topological polar surface area (TPSA) is 44.6 Å². The highest BCUT2D eigenvalue weighted by atomic mass is 35.5. The number of nitrogens with zero attached hydrogens (tertiary/aromatic N) is 1. The number of hydrogen-bond donors (Lipinski definition) is 1. The molecule has 0 saturated carbocycles. The molecule has 0 aliphatic heterocycles. The minimum Gasteiger partial charge on any atom is -0.378 e. The van der Waals surface area contributed by atoms with E-state index in [1.54, 1.807) is 12.1 Å². The summed E-state index contributed by atoms with van der Waals surface area (Å²) in [5.74, 6) is 2.28. The Balaban J connectivity index is 1.38. The van der Waals surface area contributed by atoms with Gasteiger partial charge in [-0.1, -0.05) is 23.7 Å². The molecule has 0 aliphatic carbocycles. The molecule has 0 aliphatic rings. The van der Waals surface area contributed by atoms with Crippen molar-refractivity contribution in [3.63, 3.8) is 0 Å². The van der Waals surface area contributed by atoms with Crippen molar-refractivity contribution in [3.05, 3.63) is 70.6 Å². The third-order valence-corrected chi connectivity index (χ3v) is 5.33. The van der Waals surface area contributed by atoms with Crippen molar-refractivity contribution in [2.45, 2.75) is 19.5 Å². The van der Waals surface area contributed by atoms with Gasteiger partial charge in [-0.2, -0.15) is 0 Å². The lowest BCUT2D eigenvalue weighted by Crippen LogP contribution is -2.20. The minimum absolute atomic E-state index is 0.243. The first-order valence-corrected chi connectivity index (χ1v) is 11.4. The zero-order valence-electron chi connectivity index (χ0n) is 18.7. The number of fused-ring (bicyclic) bond motifs is 1. The summed E-state index contributed by atoms with van der Waals surface area (Å²) in [6, 6.07) is 12.9. The molecule has 7 heteroatoms. The molecule has 0 saturated heterocycles. The van der Waals surface area contributed by atoms with Gasteiger partial charge < -0.3 is 24.1 Å². The number of terminal acetylenes is 1. The van der Waals surface area contributed by atoms with Crippen molar-refractivity contribution in [2.24, 2.45) is 0 Å². The van der Waals surface area contributed by atoms with Crippen molar-refractivity contribution in [1.82, 2.24) is 9.88 Å². The monoisotopic (exact) mass is 472 g/mol. The third kappa shape index (κ3) is 8.47. The van der Waals surface area contributed by atoms with Crippen LogP contribution in [0.2, 0.25) is 5.02 Å². The van der Waals surface area contributed by atoms with E-state index < -0.39 is 0 Å². The normalized spacial score (nSPS) is 11.2. The Bertz CT molecular complexity index is 1030. The average molecular weight is 473 g/mol. The molecule has 2 aromatic carbocycles. The first kappa shape index (κ1) is 25.2. The molecule has 33 heavy (non-hydrogen) atoms. The van der Waals surface area contributed by atoms with Crippen molar-refractivity contribution < 1.29 is 18.6 Å². The molecule has 0 atom stereocenters. The number of halogens is 2. The van der Waals surface area contributed by atoms with Gasteiger partial charge in [-0.25, -0.2) is 4.39 Å². The molecule has 0 unspecified atom stereocenters. The molecule has 0 fully saturated rings. The van der Waals surface area contributed by atoms with Crippen LogP contribution < -0.4 is 5.32 Å². The van der Waals surface area contributed by atoms with E-state index in [1.165, 1.54) is 0 Å². The van der Waals surface area contributed by atoms with Gasteiger partial charge >= 0.3 is 0 Å². The molecule has 3 aromatic rings. The zero-order chi connectivity index (χ0) is 23.3. The predicted molar refractivity (Wildman–Crippen MR) is 130 cm³/mol. The van der Waals surface area contributed by atoms with Crippen LogP contribution in [0.4, 0.5) is 4.39 Å². The summed E-state index contributed by atoms with van der Waals surface area (Å²) in [6.45, 7) is 5.10. The molecule has 0 amide bonds. The molecule has 5 nitrogen and oxygen atoms in total. The fourth-order valence-corrected chi connectivity index (χ4v) is 3.57. The molecular formula is C26H30ClFN2O3. The quantitative estimate of drug-likeness (QED) is 0.258. The van der Waals surface area contributed by atoms with Gasteiger partial charge in [-0.05, 0) is 41.5 Å². The number of nitrogens with one attached hydrogen (secondary N) is 1. The summed E-state index contributed by atoms with van der Waals surface area (Å²) in [6.07, 6.45) is 7.76. The fourth-order valence-electron chi connectivity index (χ4n) is 3.44. The largest absolute Gasteiger partial charge is 0.378 e. The Labute approximate surface area is 199 Å². The Morgan fingerprint density at radius 2 is 1.64 bits per heavy atom. The van der Waals surface area contributed by atoms with Crippen LogP contribution in [0.15, 0.2) is 48.7 Å². The van der Waals surface area contributed by atoms with Crippen LogP contribution in [-0.4, -0.2) is 50.8 Å². The first-order valence-electron chi connectivity index (χ1n) is 11.1. The standard InChI is InChI=1S/C26H30ClFN2O3/c1-2-3-11-31-13-15-33-16-14-32-12-9-29-19-22-17-24(28)18-26-25(22)8-10-30(26)20-21-4-6-23(27)7-5-21/h1,4-8,10,17-18,29H,3,9,11-16,19-20H2. The minimum atomic E-state index is -0.243. The van der Waals surface area contributed by atoms with Crippen molar-refractivity contribution in [2.75, 3.05) is 46.2 Å². The van der Waals surface area contributed by atoms with Crippen LogP contribution in [0.5, 0.6) is 0 Å². The smallest absolute Gasteiger partial charge is 0.125 e. The van der Waals surface area contributed by atoms with E-state index in [0.29, 0.717) is 70.7 Å². The lowest BCUT2D eigenvalue weighted by molar-refractivity contribution is 0.0161. The second-order valence-corrected chi connectivity index (χ2v) is 7.97. The molecule has 0 bridgehead atoms. The van der Waals surface area contributed by atoms with Gasteiger partial charge in [0.15, 0.2) is 0 Å². The van der Waals surface area contributed by atoms with Gasteiger partial charge in [-0.3, -0.25) is 0 Å². The Morgan fingerprint density at radius 1 is 0.939 bits per heavy atom. The van der Waals surface area contributed by atoms with Gasteiger partial charge in [0, 0.05) is 42.7 Å². The number of benzene rings is 2. The van der Waals surface area contributed by atoms with Crippen molar-refractivity contribution in [3.8, 4) is 12.3 Å². The van der Waals surface area contributed by atoms with Crippen molar-refractivity contribution in [1.29, 1.82) is 0 Å². The Morgan fingerprint density at radius 3 is 2.36 bits per heavy atom. The molecule has 1 N–H and O–H groups in total. The highest BCUT2D eigenvalue weighted by Crippen LogP contribution is 2.23. The molecule has 0 spiro atoms. The van der Waals surface area contributed by atoms with E-state index in [-0.39, 0.29) is 5.82 Å². The van der Waals surface area contributed by atoms with Gasteiger partial charge in [0.25, 0.3) is 0 Å². The third-order valence-electron chi connectivity index (χ3n) is 5.08. The Kier molecular flexibility index (Phi) is 10.7. The van der Waals surface area contributed by atoms with Crippen LogP contribution in [0.3, 0.4) is 0 Å². The highest BCUT2D eigenvalue weighted by Gasteiger charge is 2.09. The fraction of sp³-hybridized carbons (Fsp3) is 0.385. The Hall–Kier alpha value is -2.40. The van der Waals surface area contributed by atoms with E-state index >= 15 is 0 Å². The van der Waals surface area contributed by atoms with E-state index in [1.807, 2.05) is 36.5 Å². The van der Waals surface area contributed by atoms with Crippen LogP contribution >= 0.6 is 11.6 Å². The van der Waals surface area contributed by atoms with Gasteiger partial charge in [0.2, 0.25) is 0 Å². The van der Waals surface area contributed by atoms with E-state index in [9.17, 15) is 4.39 Å². The average Bonchev–Trinajstić information content (AvgIpc) is 3.20. The number of rotatable bonds is 15. The number of aromatic nitrogens is 1. The maximum absolute atomic E-state index is 14.3. The van der Waals surface area contributed by atoms with Gasteiger partial charge in [0.05, 0.1) is 45.2 Å². The number of hydrogen-bond acceptors (Lipinski definition) is 4. The molecule has 0 radical (unpaired) electrons. The maximum atomic E-state index is 14.3. The summed E-state index contributed by atoms with van der Waals surface area (Å²) in [5, 5.41) is 5.07. The first-order chi connectivity index (χ1) is 16.2. The summed E-state index contributed by atoms with van der Waals surface area (Å²) < 4.78 is 32.6. The van der Waals surface area contributed by atoms with E-state index in [0.717, 1.165) is 22.0 Å². The molecule has 3 rings (SSSR count). The SMILES string of the molecule is C#CCCOCCOCCOCCNCc1cc(F)cc2c1ccn2Cc1ccc(Cl)cc1. The van der Waals surface area contributed by atoms with Gasteiger partial charge in [0.1, 0.15) is 5.82 Å². The molecule has 176 valence electrons. The van der Waals surface area contributed by atoms with Crippen LogP contribution in [0.25, 0.3) is 10.9 Å². The second kappa shape index (κ2) is 14.0. The van der Waals surface area contributed by atoms with E-state index in [2.05, 4.69) is 15.8 Å². The maximum Gasteiger partial charge on any atom is 0.125 e. The summed E-state index contributed by atoms with van der Waals surface area (Å²) in [4.78, 5) is 0. The summed E-state index contributed by atoms with van der Waals surface area (Å²) in [7, 11) is 0. The summed E-state index contributed by atoms with van der Waals surface area (Å²) >= 11 is 5.97. The summed E-state index contributed by atoms with van der Waals surface area (Å²) in [5.41, 5.74) is 2.91. The predicted octanol–water partition coefficient (Wildman–Crippen LogP) is 4.64. The van der Waals surface area contributed by atoms with E-state index in [4.69, 9.17) is 32.2 Å². The number of ether oxygens (including phenoxy) is 3. The second-order valence-electron chi connectivity index (χ2n) is 7.54. The lowest BCUT2D eigenvalue weighted by atomic mass is 10.1. The molecular weight excluding hydrogens is 443 g/mol.